The number of halogens is 1. The Balaban J connectivity index is 0.00000408. The molecule has 10 heteroatoms. The highest BCUT2D eigenvalue weighted by Crippen LogP contribution is 2.08. The van der Waals surface area contributed by atoms with E-state index in [9.17, 15) is 19.2 Å². The third-order valence-corrected chi connectivity index (χ3v) is 4.97. The maximum Gasteiger partial charge on any atom is 0.408 e. The van der Waals surface area contributed by atoms with Crippen LogP contribution in [-0.2, 0) is 30.4 Å². The Hall–Kier alpha value is -3.43. The summed E-state index contributed by atoms with van der Waals surface area (Å²) in [7, 11) is 0. The van der Waals surface area contributed by atoms with E-state index in [2.05, 4.69) is 10.6 Å². The molecular weight excluding hydrogens is 464 g/mol. The predicted octanol–water partition coefficient (Wildman–Crippen LogP) is 2.42. The molecule has 1 fully saturated rings. The van der Waals surface area contributed by atoms with Gasteiger partial charge in [0, 0.05) is 5.56 Å². The zero-order valence-electron chi connectivity index (χ0n) is 18.4. The summed E-state index contributed by atoms with van der Waals surface area (Å²) in [5.74, 6) is -1.84. The Labute approximate surface area is 203 Å². The standard InChI is InChI=1S/C24H26N2O7.ClH/c27-21(18-10-5-2-6-11-18)16-32-23(29)20(15-31-22(28)19-12-7-13-25-19)26-24(30)33-14-17-8-3-1-4-9-17;/h1-6,8-11,19-20,25H,7,12-16H2,(H,26,30);1H/t19-,20-;/m0./s1. The van der Waals surface area contributed by atoms with E-state index in [0.29, 0.717) is 18.5 Å². The number of benzene rings is 2. The quantitative estimate of drug-likeness (QED) is 0.296. The van der Waals surface area contributed by atoms with Crippen molar-refractivity contribution in [3.8, 4) is 0 Å². The maximum absolute atomic E-state index is 12.6. The van der Waals surface area contributed by atoms with Crippen molar-refractivity contribution < 1.29 is 33.4 Å². The predicted molar refractivity (Wildman–Crippen MR) is 125 cm³/mol. The molecule has 3 rings (SSSR count). The van der Waals surface area contributed by atoms with Gasteiger partial charge in [-0.2, -0.15) is 0 Å². The van der Waals surface area contributed by atoms with Gasteiger partial charge in [-0.3, -0.25) is 9.59 Å². The van der Waals surface area contributed by atoms with Crippen molar-refractivity contribution in [1.29, 1.82) is 0 Å². The highest BCUT2D eigenvalue weighted by atomic mass is 35.5. The summed E-state index contributed by atoms with van der Waals surface area (Å²) in [4.78, 5) is 49.2. The van der Waals surface area contributed by atoms with E-state index in [1.807, 2.05) is 6.07 Å². The Morgan fingerprint density at radius 1 is 0.941 bits per heavy atom. The summed E-state index contributed by atoms with van der Waals surface area (Å²) in [5.41, 5.74) is 1.15. The summed E-state index contributed by atoms with van der Waals surface area (Å²) in [6.07, 6.45) is 0.591. The Kier molecular flexibility index (Phi) is 11.0. The molecule has 2 N–H and O–H groups in total. The van der Waals surface area contributed by atoms with Crippen LogP contribution in [0.3, 0.4) is 0 Å². The van der Waals surface area contributed by atoms with E-state index in [1.54, 1.807) is 54.6 Å². The number of nitrogens with one attached hydrogen (secondary N) is 2. The first-order chi connectivity index (χ1) is 16.0. The lowest BCUT2D eigenvalue weighted by atomic mass is 10.1. The molecule has 2 aromatic carbocycles. The van der Waals surface area contributed by atoms with E-state index in [0.717, 1.165) is 12.0 Å². The average Bonchev–Trinajstić information content (AvgIpc) is 3.40. The number of carbonyl (C=O) groups is 4. The number of amides is 1. The fourth-order valence-electron chi connectivity index (χ4n) is 3.17. The number of rotatable bonds is 10. The second-order valence-corrected chi connectivity index (χ2v) is 7.43. The third-order valence-electron chi connectivity index (χ3n) is 4.97. The highest BCUT2D eigenvalue weighted by Gasteiger charge is 2.29. The average molecular weight is 491 g/mol. The maximum atomic E-state index is 12.6. The van der Waals surface area contributed by atoms with E-state index < -0.39 is 49.1 Å². The van der Waals surface area contributed by atoms with Gasteiger partial charge in [-0.05, 0) is 24.9 Å². The van der Waals surface area contributed by atoms with Crippen LogP contribution in [0.15, 0.2) is 60.7 Å². The van der Waals surface area contributed by atoms with Crippen LogP contribution < -0.4 is 10.6 Å². The molecule has 2 atom stereocenters. The number of hydrogen-bond acceptors (Lipinski definition) is 8. The number of ether oxygens (including phenoxy) is 3. The van der Waals surface area contributed by atoms with E-state index in [1.165, 1.54) is 0 Å². The first kappa shape index (κ1) is 26.8. The van der Waals surface area contributed by atoms with Crippen molar-refractivity contribution in [2.24, 2.45) is 0 Å². The minimum absolute atomic E-state index is 0. The van der Waals surface area contributed by atoms with Gasteiger partial charge in [0.1, 0.15) is 19.3 Å². The number of carbonyl (C=O) groups excluding carboxylic acids is 4. The van der Waals surface area contributed by atoms with Crippen molar-refractivity contribution in [2.45, 2.75) is 31.5 Å². The van der Waals surface area contributed by atoms with Gasteiger partial charge in [0.25, 0.3) is 0 Å². The molecule has 0 unspecified atom stereocenters. The molecule has 34 heavy (non-hydrogen) atoms. The number of alkyl carbamates (subject to hydrolysis) is 1. The van der Waals surface area contributed by atoms with Crippen molar-refractivity contribution in [3.63, 3.8) is 0 Å². The number of esters is 2. The number of Topliss-reactive ketones (excluding diaryl/α,β-unsaturated/α-hetero) is 1. The van der Waals surface area contributed by atoms with Crippen LogP contribution in [0.5, 0.6) is 0 Å². The Bertz CT molecular complexity index is 950. The topological polar surface area (TPSA) is 120 Å². The third kappa shape index (κ3) is 8.49. The lowest BCUT2D eigenvalue weighted by molar-refractivity contribution is -0.152. The lowest BCUT2D eigenvalue weighted by Crippen LogP contribution is -2.47. The molecule has 1 heterocycles. The summed E-state index contributed by atoms with van der Waals surface area (Å²) in [6.45, 7) is -0.266. The minimum Gasteiger partial charge on any atom is -0.462 e. The zero-order valence-corrected chi connectivity index (χ0v) is 19.3. The van der Waals surface area contributed by atoms with Crippen LogP contribution in [0, 0.1) is 0 Å². The molecule has 1 amide bonds. The summed E-state index contributed by atoms with van der Waals surface area (Å²) >= 11 is 0. The van der Waals surface area contributed by atoms with Crippen molar-refractivity contribution in [1.82, 2.24) is 10.6 Å². The van der Waals surface area contributed by atoms with Crippen molar-refractivity contribution in [3.05, 3.63) is 71.8 Å². The molecule has 0 aromatic heterocycles. The summed E-state index contributed by atoms with van der Waals surface area (Å²) in [5, 5.41) is 5.35. The van der Waals surface area contributed by atoms with Gasteiger partial charge in [-0.1, -0.05) is 60.7 Å². The van der Waals surface area contributed by atoms with Crippen molar-refractivity contribution in [2.75, 3.05) is 19.8 Å². The van der Waals surface area contributed by atoms with Crippen LogP contribution in [0.4, 0.5) is 4.79 Å². The van der Waals surface area contributed by atoms with Crippen LogP contribution in [0.1, 0.15) is 28.8 Å². The van der Waals surface area contributed by atoms with Gasteiger partial charge in [-0.15, -0.1) is 12.4 Å². The molecule has 0 radical (unpaired) electrons. The molecule has 0 saturated carbocycles. The fraction of sp³-hybridized carbons (Fsp3) is 0.333. The van der Waals surface area contributed by atoms with Crippen LogP contribution in [-0.4, -0.2) is 55.7 Å². The van der Waals surface area contributed by atoms with Gasteiger partial charge in [0.2, 0.25) is 0 Å². The smallest absolute Gasteiger partial charge is 0.408 e. The second-order valence-electron chi connectivity index (χ2n) is 7.43. The molecule has 2 aromatic rings. The van der Waals surface area contributed by atoms with Crippen LogP contribution in [0.2, 0.25) is 0 Å². The molecule has 0 aliphatic carbocycles. The van der Waals surface area contributed by atoms with Crippen molar-refractivity contribution >= 4 is 36.2 Å². The van der Waals surface area contributed by atoms with Gasteiger partial charge < -0.3 is 24.8 Å². The Morgan fingerprint density at radius 2 is 1.62 bits per heavy atom. The van der Waals surface area contributed by atoms with E-state index in [4.69, 9.17) is 14.2 Å². The summed E-state index contributed by atoms with van der Waals surface area (Å²) in [6, 6.07) is 15.6. The summed E-state index contributed by atoms with van der Waals surface area (Å²) < 4.78 is 15.4. The largest absolute Gasteiger partial charge is 0.462 e. The fourth-order valence-corrected chi connectivity index (χ4v) is 3.17. The van der Waals surface area contributed by atoms with Crippen LogP contribution >= 0.6 is 12.4 Å². The van der Waals surface area contributed by atoms with Crippen LogP contribution in [0.25, 0.3) is 0 Å². The SMILES string of the molecule is Cl.O=C(N[C@@H](COC(=O)[C@@H]1CCCN1)C(=O)OCC(=O)c1ccccc1)OCc1ccccc1. The lowest BCUT2D eigenvalue weighted by Gasteiger charge is -2.18. The minimum atomic E-state index is -1.33. The monoisotopic (exact) mass is 490 g/mol. The second kappa shape index (κ2) is 14.0. The number of hydrogen-bond donors (Lipinski definition) is 2. The van der Waals surface area contributed by atoms with Gasteiger partial charge >= 0.3 is 18.0 Å². The van der Waals surface area contributed by atoms with E-state index in [-0.39, 0.29) is 19.0 Å². The number of ketones is 1. The van der Waals surface area contributed by atoms with E-state index >= 15 is 0 Å². The Morgan fingerprint density at radius 3 is 2.26 bits per heavy atom. The highest BCUT2D eigenvalue weighted by molar-refractivity contribution is 5.98. The zero-order chi connectivity index (χ0) is 23.5. The molecule has 0 bridgehead atoms. The molecular formula is C24H27ClN2O7. The van der Waals surface area contributed by atoms with Gasteiger partial charge in [0.15, 0.2) is 18.4 Å². The molecule has 182 valence electrons. The van der Waals surface area contributed by atoms with Gasteiger partial charge in [-0.25, -0.2) is 9.59 Å². The normalized spacial score (nSPS) is 15.4. The molecule has 1 aliphatic heterocycles. The molecule has 1 aliphatic rings. The molecule has 1 saturated heterocycles. The first-order valence-electron chi connectivity index (χ1n) is 10.6. The molecule has 9 nitrogen and oxygen atoms in total. The molecule has 0 spiro atoms. The van der Waals surface area contributed by atoms with Gasteiger partial charge in [0.05, 0.1) is 0 Å². The first-order valence-corrected chi connectivity index (χ1v) is 10.6.